The molecule has 1 atom stereocenters. The highest BCUT2D eigenvalue weighted by molar-refractivity contribution is 8.00. The van der Waals surface area contributed by atoms with Gasteiger partial charge >= 0.3 is 5.97 Å². The van der Waals surface area contributed by atoms with E-state index in [2.05, 4.69) is 19.2 Å². The van der Waals surface area contributed by atoms with E-state index in [9.17, 15) is 9.59 Å². The number of nitrogens with one attached hydrogen (secondary N) is 1. The molecule has 1 aromatic carbocycles. The molecule has 5 heteroatoms. The standard InChI is InChI=1S/C14H19NO3S/c1-9(2)19-12-7-5-4-6-11(12)14(18)15-10(3)8-13(16)17/h4-7,9-10H,8H2,1-3H3,(H,15,18)(H,16,17). The van der Waals surface area contributed by atoms with Crippen molar-refractivity contribution in [3.63, 3.8) is 0 Å². The maximum Gasteiger partial charge on any atom is 0.305 e. The summed E-state index contributed by atoms with van der Waals surface area (Å²) >= 11 is 1.62. The minimum absolute atomic E-state index is 0.0781. The molecule has 19 heavy (non-hydrogen) atoms. The van der Waals surface area contributed by atoms with Gasteiger partial charge in [0.1, 0.15) is 0 Å². The molecule has 0 aliphatic heterocycles. The fourth-order valence-electron chi connectivity index (χ4n) is 1.63. The summed E-state index contributed by atoms with van der Waals surface area (Å²) in [6.45, 7) is 5.81. The topological polar surface area (TPSA) is 66.4 Å². The Morgan fingerprint density at radius 3 is 2.47 bits per heavy atom. The van der Waals surface area contributed by atoms with Crippen LogP contribution in [0.15, 0.2) is 29.2 Å². The van der Waals surface area contributed by atoms with Crippen LogP contribution in [0.2, 0.25) is 0 Å². The van der Waals surface area contributed by atoms with Gasteiger partial charge in [-0.1, -0.05) is 26.0 Å². The van der Waals surface area contributed by atoms with E-state index in [1.54, 1.807) is 30.8 Å². The quantitative estimate of drug-likeness (QED) is 0.787. The molecule has 1 unspecified atom stereocenters. The molecule has 1 aromatic rings. The zero-order valence-corrected chi connectivity index (χ0v) is 12.2. The lowest BCUT2D eigenvalue weighted by atomic mass is 10.2. The Labute approximate surface area is 117 Å². The summed E-state index contributed by atoms with van der Waals surface area (Å²) in [6, 6.07) is 6.97. The first kappa shape index (κ1) is 15.6. The van der Waals surface area contributed by atoms with E-state index in [1.807, 2.05) is 12.1 Å². The lowest BCUT2D eigenvalue weighted by molar-refractivity contribution is -0.137. The second-order valence-corrected chi connectivity index (χ2v) is 6.25. The molecule has 0 fully saturated rings. The Morgan fingerprint density at radius 2 is 1.89 bits per heavy atom. The van der Waals surface area contributed by atoms with Gasteiger partial charge in [0.15, 0.2) is 0 Å². The lowest BCUT2D eigenvalue weighted by Crippen LogP contribution is -2.34. The molecule has 0 bridgehead atoms. The number of amides is 1. The summed E-state index contributed by atoms with van der Waals surface area (Å²) in [6.07, 6.45) is -0.0781. The molecule has 4 nitrogen and oxygen atoms in total. The van der Waals surface area contributed by atoms with Crippen LogP contribution in [-0.2, 0) is 4.79 Å². The minimum Gasteiger partial charge on any atom is -0.481 e. The van der Waals surface area contributed by atoms with Crippen molar-refractivity contribution in [2.75, 3.05) is 0 Å². The maximum absolute atomic E-state index is 12.1. The molecule has 0 aliphatic rings. The third-order valence-corrected chi connectivity index (χ3v) is 3.43. The van der Waals surface area contributed by atoms with E-state index in [-0.39, 0.29) is 18.4 Å². The van der Waals surface area contributed by atoms with E-state index >= 15 is 0 Å². The van der Waals surface area contributed by atoms with Gasteiger partial charge in [0.25, 0.3) is 5.91 Å². The van der Waals surface area contributed by atoms with Crippen molar-refractivity contribution in [1.29, 1.82) is 0 Å². The van der Waals surface area contributed by atoms with Crippen LogP contribution in [-0.4, -0.2) is 28.3 Å². The number of hydrogen-bond acceptors (Lipinski definition) is 3. The molecular formula is C14H19NO3S. The van der Waals surface area contributed by atoms with Crippen molar-refractivity contribution in [2.24, 2.45) is 0 Å². The van der Waals surface area contributed by atoms with Gasteiger partial charge < -0.3 is 10.4 Å². The third-order valence-electron chi connectivity index (χ3n) is 2.35. The number of hydrogen-bond donors (Lipinski definition) is 2. The fourth-order valence-corrected chi connectivity index (χ4v) is 2.58. The molecular weight excluding hydrogens is 262 g/mol. The van der Waals surface area contributed by atoms with Crippen LogP contribution in [0.1, 0.15) is 37.6 Å². The molecule has 2 N–H and O–H groups in total. The normalized spacial score (nSPS) is 12.2. The highest BCUT2D eigenvalue weighted by atomic mass is 32.2. The molecule has 0 saturated carbocycles. The van der Waals surface area contributed by atoms with Gasteiger partial charge in [0, 0.05) is 16.2 Å². The van der Waals surface area contributed by atoms with Crippen LogP contribution in [0, 0.1) is 0 Å². The molecule has 0 saturated heterocycles. The summed E-state index contributed by atoms with van der Waals surface area (Å²) in [5.41, 5.74) is 0.596. The Bertz CT molecular complexity index is 460. The molecule has 0 aliphatic carbocycles. The van der Waals surface area contributed by atoms with Crippen LogP contribution in [0.4, 0.5) is 0 Å². The fraction of sp³-hybridized carbons (Fsp3) is 0.429. The lowest BCUT2D eigenvalue weighted by Gasteiger charge is -2.14. The number of thioether (sulfide) groups is 1. The highest BCUT2D eigenvalue weighted by Gasteiger charge is 2.16. The minimum atomic E-state index is -0.919. The Kier molecular flexibility index (Phi) is 5.89. The smallest absolute Gasteiger partial charge is 0.305 e. The Morgan fingerprint density at radius 1 is 1.26 bits per heavy atom. The number of carbonyl (C=O) groups is 2. The van der Waals surface area contributed by atoms with Crippen LogP contribution < -0.4 is 5.32 Å². The van der Waals surface area contributed by atoms with Crippen molar-refractivity contribution >= 4 is 23.6 Å². The van der Waals surface area contributed by atoms with Gasteiger partial charge in [-0.05, 0) is 19.1 Å². The average molecular weight is 281 g/mol. The molecule has 1 rings (SSSR count). The summed E-state index contributed by atoms with van der Waals surface area (Å²) in [5, 5.41) is 11.8. The van der Waals surface area contributed by atoms with E-state index in [4.69, 9.17) is 5.11 Å². The second kappa shape index (κ2) is 7.19. The third kappa shape index (κ3) is 5.34. The van der Waals surface area contributed by atoms with Gasteiger partial charge in [-0.2, -0.15) is 0 Å². The van der Waals surface area contributed by atoms with Gasteiger partial charge in [-0.15, -0.1) is 11.8 Å². The van der Waals surface area contributed by atoms with Gasteiger partial charge in [-0.25, -0.2) is 0 Å². The van der Waals surface area contributed by atoms with Crippen LogP contribution >= 0.6 is 11.8 Å². The zero-order valence-electron chi connectivity index (χ0n) is 11.3. The number of carbonyl (C=O) groups excluding carboxylic acids is 1. The number of aliphatic carboxylic acids is 1. The van der Waals surface area contributed by atoms with Crippen LogP contribution in [0.3, 0.4) is 0 Å². The van der Waals surface area contributed by atoms with Crippen LogP contribution in [0.25, 0.3) is 0 Å². The van der Waals surface area contributed by atoms with E-state index in [1.165, 1.54) is 0 Å². The van der Waals surface area contributed by atoms with Crippen LogP contribution in [0.5, 0.6) is 0 Å². The van der Waals surface area contributed by atoms with E-state index in [0.29, 0.717) is 10.8 Å². The van der Waals surface area contributed by atoms with Crippen molar-refractivity contribution in [2.45, 2.75) is 43.4 Å². The Balaban J connectivity index is 2.78. The highest BCUT2D eigenvalue weighted by Crippen LogP contribution is 2.26. The first-order valence-electron chi connectivity index (χ1n) is 6.18. The predicted molar refractivity (Wildman–Crippen MR) is 76.6 cm³/mol. The number of carboxylic acid groups (broad SMARTS) is 1. The number of rotatable bonds is 6. The zero-order chi connectivity index (χ0) is 14.4. The van der Waals surface area contributed by atoms with Crippen molar-refractivity contribution in [3.8, 4) is 0 Å². The summed E-state index contributed by atoms with van der Waals surface area (Å²) in [7, 11) is 0. The van der Waals surface area contributed by atoms with Gasteiger partial charge in [0.05, 0.1) is 12.0 Å². The summed E-state index contributed by atoms with van der Waals surface area (Å²) < 4.78 is 0. The number of carboxylic acids is 1. The van der Waals surface area contributed by atoms with Crippen molar-refractivity contribution < 1.29 is 14.7 Å². The average Bonchev–Trinajstić information content (AvgIpc) is 2.27. The first-order valence-corrected chi connectivity index (χ1v) is 7.06. The van der Waals surface area contributed by atoms with Crippen molar-refractivity contribution in [3.05, 3.63) is 29.8 Å². The number of benzene rings is 1. The molecule has 1 amide bonds. The first-order chi connectivity index (χ1) is 8.90. The van der Waals surface area contributed by atoms with Crippen molar-refractivity contribution in [1.82, 2.24) is 5.32 Å². The largest absolute Gasteiger partial charge is 0.481 e. The van der Waals surface area contributed by atoms with Gasteiger partial charge in [0.2, 0.25) is 0 Å². The molecule has 0 radical (unpaired) electrons. The predicted octanol–water partition coefficient (Wildman–Crippen LogP) is 2.78. The summed E-state index contributed by atoms with van der Waals surface area (Å²) in [5.74, 6) is -1.14. The Hall–Kier alpha value is -1.49. The van der Waals surface area contributed by atoms with E-state index in [0.717, 1.165) is 4.90 Å². The molecule has 0 heterocycles. The summed E-state index contributed by atoms with van der Waals surface area (Å²) in [4.78, 5) is 23.6. The SMILES string of the molecule is CC(CC(=O)O)NC(=O)c1ccccc1SC(C)C. The van der Waals surface area contributed by atoms with Gasteiger partial charge in [-0.3, -0.25) is 9.59 Å². The van der Waals surface area contributed by atoms with E-state index < -0.39 is 5.97 Å². The molecule has 104 valence electrons. The second-order valence-electron chi connectivity index (χ2n) is 4.64. The maximum atomic E-state index is 12.1. The monoisotopic (exact) mass is 281 g/mol. The molecule has 0 aromatic heterocycles. The molecule has 0 spiro atoms.